The zero-order chi connectivity index (χ0) is 14.2. The number of ether oxygens (including phenoxy) is 2. The number of aliphatic hydroxyl groups is 1. The minimum absolute atomic E-state index is 0.265. The van der Waals surface area contributed by atoms with Crippen LogP contribution in [-0.2, 0) is 0 Å². The molecule has 0 spiro atoms. The van der Waals surface area contributed by atoms with Crippen LogP contribution in [0.2, 0.25) is 0 Å². The third-order valence-electron chi connectivity index (χ3n) is 3.25. The summed E-state index contributed by atoms with van der Waals surface area (Å²) in [4.78, 5) is 0. The molecule has 0 aliphatic carbocycles. The first-order chi connectivity index (χ1) is 9.85. The Morgan fingerprint density at radius 1 is 1.30 bits per heavy atom. The average molecular weight is 297 g/mol. The second-order valence-electron chi connectivity index (χ2n) is 4.75. The largest absolute Gasteiger partial charge is 0.490 e. The van der Waals surface area contributed by atoms with Crippen molar-refractivity contribution in [3.05, 3.63) is 23.8 Å². The number of aliphatic hydroxyl groups excluding tert-OH is 1. The van der Waals surface area contributed by atoms with Gasteiger partial charge < -0.3 is 19.9 Å². The van der Waals surface area contributed by atoms with Crippen LogP contribution in [0, 0.1) is 0 Å². The fourth-order valence-electron chi connectivity index (χ4n) is 2.11. The molecule has 1 aliphatic rings. The van der Waals surface area contributed by atoms with Gasteiger partial charge in [-0.2, -0.15) is 11.8 Å². The maximum atomic E-state index is 8.81. The third kappa shape index (κ3) is 4.30. The molecule has 1 aromatic rings. The van der Waals surface area contributed by atoms with Crippen LogP contribution in [0.15, 0.2) is 18.2 Å². The number of rotatable bonds is 7. The molecule has 1 heterocycles. The molecular formula is C15H23NO3S. The predicted molar refractivity (Wildman–Crippen MR) is 82.9 cm³/mol. The lowest BCUT2D eigenvalue weighted by atomic mass is 10.1. The predicted octanol–water partition coefficient (Wildman–Crippen LogP) is 2.22. The zero-order valence-corrected chi connectivity index (χ0v) is 12.7. The Labute approximate surface area is 124 Å². The first kappa shape index (κ1) is 15.5. The van der Waals surface area contributed by atoms with Crippen molar-refractivity contribution in [3.8, 4) is 11.5 Å². The molecule has 0 amide bonds. The zero-order valence-electron chi connectivity index (χ0n) is 11.9. The number of hydrogen-bond donors (Lipinski definition) is 2. The van der Waals surface area contributed by atoms with Crippen LogP contribution >= 0.6 is 11.8 Å². The number of nitrogens with one attached hydrogen (secondary N) is 1. The van der Waals surface area contributed by atoms with Gasteiger partial charge in [0.25, 0.3) is 0 Å². The molecule has 1 aromatic carbocycles. The lowest BCUT2D eigenvalue weighted by Crippen LogP contribution is -2.19. The van der Waals surface area contributed by atoms with Gasteiger partial charge in [0.05, 0.1) is 13.2 Å². The number of hydrogen-bond acceptors (Lipinski definition) is 5. The van der Waals surface area contributed by atoms with Gasteiger partial charge in [-0.3, -0.25) is 0 Å². The Kier molecular flexibility index (Phi) is 6.50. The summed E-state index contributed by atoms with van der Waals surface area (Å²) < 4.78 is 11.4. The van der Waals surface area contributed by atoms with Crippen LogP contribution in [0.4, 0.5) is 0 Å². The summed E-state index contributed by atoms with van der Waals surface area (Å²) in [5.74, 6) is 3.66. The van der Waals surface area contributed by atoms with Crippen molar-refractivity contribution in [2.45, 2.75) is 18.9 Å². The van der Waals surface area contributed by atoms with E-state index in [1.165, 1.54) is 5.56 Å². The van der Waals surface area contributed by atoms with Crippen molar-refractivity contribution in [3.63, 3.8) is 0 Å². The van der Waals surface area contributed by atoms with Crippen LogP contribution in [-0.4, -0.2) is 43.5 Å². The summed E-state index contributed by atoms with van der Waals surface area (Å²) in [5.41, 5.74) is 1.22. The van der Waals surface area contributed by atoms with Crippen molar-refractivity contribution in [1.29, 1.82) is 0 Å². The maximum absolute atomic E-state index is 8.81. The van der Waals surface area contributed by atoms with Crippen molar-refractivity contribution < 1.29 is 14.6 Å². The van der Waals surface area contributed by atoms with E-state index >= 15 is 0 Å². The molecule has 0 radical (unpaired) electrons. The Balaban J connectivity index is 2.00. The lowest BCUT2D eigenvalue weighted by Gasteiger charge is -2.18. The summed E-state index contributed by atoms with van der Waals surface area (Å²) in [6, 6.07) is 6.46. The van der Waals surface area contributed by atoms with Gasteiger partial charge in [-0.25, -0.2) is 0 Å². The molecule has 112 valence electrons. The van der Waals surface area contributed by atoms with E-state index < -0.39 is 0 Å². The van der Waals surface area contributed by atoms with E-state index in [2.05, 4.69) is 17.4 Å². The summed E-state index contributed by atoms with van der Waals surface area (Å²) in [5, 5.41) is 12.1. The van der Waals surface area contributed by atoms with Crippen LogP contribution in [0.3, 0.4) is 0 Å². The molecule has 1 aliphatic heterocycles. The Hall–Kier alpha value is -0.910. The highest BCUT2D eigenvalue weighted by Gasteiger charge is 2.15. The smallest absolute Gasteiger partial charge is 0.161 e. The summed E-state index contributed by atoms with van der Waals surface area (Å²) in [7, 11) is 1.97. The molecule has 0 saturated carbocycles. The van der Waals surface area contributed by atoms with Crippen LogP contribution < -0.4 is 14.8 Å². The molecule has 1 unspecified atom stereocenters. The van der Waals surface area contributed by atoms with Gasteiger partial charge in [-0.15, -0.1) is 0 Å². The number of fused-ring (bicyclic) bond motifs is 1. The van der Waals surface area contributed by atoms with E-state index in [-0.39, 0.29) is 12.6 Å². The standard InChI is InChI=1S/C15H23NO3S/c1-16-13(11-20-9-2-6-17)12-4-5-14-15(10-12)19-8-3-7-18-14/h4-5,10,13,16-17H,2-3,6-9,11H2,1H3. The fraction of sp³-hybridized carbons (Fsp3) is 0.600. The fourth-order valence-corrected chi connectivity index (χ4v) is 3.21. The molecule has 5 heteroatoms. The summed E-state index contributed by atoms with van der Waals surface area (Å²) in [6.45, 7) is 1.70. The Bertz CT molecular complexity index is 414. The van der Waals surface area contributed by atoms with E-state index in [0.29, 0.717) is 6.61 Å². The third-order valence-corrected chi connectivity index (χ3v) is 4.40. The molecule has 1 atom stereocenters. The molecule has 0 fully saturated rings. The Morgan fingerprint density at radius 2 is 2.10 bits per heavy atom. The van der Waals surface area contributed by atoms with Gasteiger partial charge in [-0.1, -0.05) is 6.07 Å². The van der Waals surface area contributed by atoms with Gasteiger partial charge in [0.15, 0.2) is 11.5 Å². The molecule has 20 heavy (non-hydrogen) atoms. The highest BCUT2D eigenvalue weighted by atomic mass is 32.2. The molecule has 2 rings (SSSR count). The molecule has 0 saturated heterocycles. The molecule has 0 bridgehead atoms. The van der Waals surface area contributed by atoms with Crippen molar-refractivity contribution in [2.75, 3.05) is 38.4 Å². The second kappa shape index (κ2) is 8.39. The monoisotopic (exact) mass is 297 g/mol. The summed E-state index contributed by atoms with van der Waals surface area (Å²) >= 11 is 1.85. The maximum Gasteiger partial charge on any atom is 0.161 e. The van der Waals surface area contributed by atoms with Crippen LogP contribution in [0.1, 0.15) is 24.4 Å². The first-order valence-electron chi connectivity index (χ1n) is 7.10. The van der Waals surface area contributed by atoms with E-state index in [1.54, 1.807) is 0 Å². The minimum atomic E-state index is 0.265. The SMILES string of the molecule is CNC(CSCCCO)c1ccc2c(c1)OCCCO2. The minimum Gasteiger partial charge on any atom is -0.490 e. The number of benzene rings is 1. The van der Waals surface area contributed by atoms with Crippen molar-refractivity contribution >= 4 is 11.8 Å². The van der Waals surface area contributed by atoms with Gasteiger partial charge in [0.1, 0.15) is 0 Å². The topological polar surface area (TPSA) is 50.7 Å². The van der Waals surface area contributed by atoms with Gasteiger partial charge in [0, 0.05) is 24.8 Å². The molecular weight excluding hydrogens is 274 g/mol. The van der Waals surface area contributed by atoms with Crippen LogP contribution in [0.5, 0.6) is 11.5 Å². The van der Waals surface area contributed by atoms with Crippen molar-refractivity contribution in [2.24, 2.45) is 0 Å². The number of thioether (sulfide) groups is 1. The first-order valence-corrected chi connectivity index (χ1v) is 8.26. The molecule has 2 N–H and O–H groups in total. The van der Waals surface area contributed by atoms with Crippen molar-refractivity contribution in [1.82, 2.24) is 5.32 Å². The van der Waals surface area contributed by atoms with E-state index in [1.807, 2.05) is 24.9 Å². The van der Waals surface area contributed by atoms with Gasteiger partial charge in [-0.05, 0) is 36.9 Å². The van der Waals surface area contributed by atoms with E-state index in [4.69, 9.17) is 14.6 Å². The quantitative estimate of drug-likeness (QED) is 0.756. The Morgan fingerprint density at radius 3 is 2.85 bits per heavy atom. The highest BCUT2D eigenvalue weighted by Crippen LogP contribution is 2.33. The average Bonchev–Trinajstić information content (AvgIpc) is 2.72. The van der Waals surface area contributed by atoms with Gasteiger partial charge >= 0.3 is 0 Å². The summed E-state index contributed by atoms with van der Waals surface area (Å²) in [6.07, 6.45) is 1.78. The second-order valence-corrected chi connectivity index (χ2v) is 5.90. The van der Waals surface area contributed by atoms with E-state index in [9.17, 15) is 0 Å². The lowest BCUT2D eigenvalue weighted by molar-refractivity contribution is 0.296. The molecule has 4 nitrogen and oxygen atoms in total. The molecule has 0 aromatic heterocycles. The highest BCUT2D eigenvalue weighted by molar-refractivity contribution is 7.99. The van der Waals surface area contributed by atoms with E-state index in [0.717, 1.165) is 42.5 Å². The van der Waals surface area contributed by atoms with Crippen LogP contribution in [0.25, 0.3) is 0 Å². The van der Waals surface area contributed by atoms with Gasteiger partial charge in [0.2, 0.25) is 0 Å². The normalized spacial score (nSPS) is 15.7.